The van der Waals surface area contributed by atoms with Crippen molar-refractivity contribution in [1.29, 1.82) is 0 Å². The van der Waals surface area contributed by atoms with Gasteiger partial charge >= 0.3 is 0 Å². The summed E-state index contributed by atoms with van der Waals surface area (Å²) in [7, 11) is 0. The van der Waals surface area contributed by atoms with E-state index in [1.807, 2.05) is 0 Å². The monoisotopic (exact) mass is 181 g/mol. The molecule has 70 valence electrons. The first kappa shape index (κ1) is 8.35. The Kier molecular flexibility index (Phi) is 2.08. The number of halogens is 1. The van der Waals surface area contributed by atoms with Crippen LogP contribution in [0.1, 0.15) is 12.8 Å². The molecule has 0 saturated heterocycles. The molecule has 0 aliphatic heterocycles. The van der Waals surface area contributed by atoms with Crippen molar-refractivity contribution in [1.82, 2.24) is 0 Å². The van der Waals surface area contributed by atoms with Gasteiger partial charge in [-0.25, -0.2) is 4.39 Å². The summed E-state index contributed by atoms with van der Waals surface area (Å²) in [6.45, 7) is 0.588. The topological polar surface area (TPSA) is 35.2 Å². The Morgan fingerprint density at radius 1 is 1.46 bits per heavy atom. The van der Waals surface area contributed by atoms with Crippen molar-refractivity contribution < 1.29 is 9.13 Å². The summed E-state index contributed by atoms with van der Waals surface area (Å²) in [4.78, 5) is 0. The van der Waals surface area contributed by atoms with Gasteiger partial charge in [0.2, 0.25) is 0 Å². The minimum Gasteiger partial charge on any atom is -0.488 e. The van der Waals surface area contributed by atoms with Crippen molar-refractivity contribution in [3.63, 3.8) is 0 Å². The van der Waals surface area contributed by atoms with E-state index in [1.54, 1.807) is 12.1 Å². The average molecular weight is 181 g/mol. The van der Waals surface area contributed by atoms with E-state index in [0.29, 0.717) is 18.2 Å². The number of anilines is 1. The molecule has 1 fully saturated rings. The Morgan fingerprint density at radius 2 is 2.23 bits per heavy atom. The number of para-hydroxylation sites is 1. The van der Waals surface area contributed by atoms with E-state index in [4.69, 9.17) is 10.5 Å². The molecule has 1 aliphatic rings. The third kappa shape index (κ3) is 1.91. The Hall–Kier alpha value is -1.25. The van der Waals surface area contributed by atoms with Gasteiger partial charge in [-0.05, 0) is 30.9 Å². The minimum atomic E-state index is -0.374. The zero-order valence-corrected chi connectivity index (χ0v) is 7.29. The largest absolute Gasteiger partial charge is 0.488 e. The molecule has 1 aliphatic carbocycles. The first-order valence-corrected chi connectivity index (χ1v) is 4.44. The van der Waals surface area contributed by atoms with Crippen LogP contribution in [0.2, 0.25) is 0 Å². The van der Waals surface area contributed by atoms with Gasteiger partial charge in [-0.15, -0.1) is 0 Å². The van der Waals surface area contributed by atoms with E-state index >= 15 is 0 Å². The van der Waals surface area contributed by atoms with E-state index in [1.165, 1.54) is 18.9 Å². The summed E-state index contributed by atoms with van der Waals surface area (Å²) in [5.74, 6) is 0.439. The Morgan fingerprint density at radius 3 is 2.85 bits per heavy atom. The summed E-state index contributed by atoms with van der Waals surface area (Å²) in [5.41, 5.74) is 5.94. The van der Waals surface area contributed by atoms with Gasteiger partial charge in [0.15, 0.2) is 11.6 Å². The highest BCUT2D eigenvalue weighted by Crippen LogP contribution is 2.31. The maximum atomic E-state index is 13.1. The van der Waals surface area contributed by atoms with E-state index in [0.717, 1.165) is 0 Å². The van der Waals surface area contributed by atoms with E-state index in [2.05, 4.69) is 0 Å². The fourth-order valence-corrected chi connectivity index (χ4v) is 1.16. The number of benzene rings is 1. The SMILES string of the molecule is Nc1cccc(F)c1OCC1CC1. The summed E-state index contributed by atoms with van der Waals surface area (Å²) in [5, 5.41) is 0. The molecular formula is C10H12FNO. The molecule has 0 heterocycles. The molecule has 1 aromatic carbocycles. The summed E-state index contributed by atoms with van der Waals surface area (Å²) < 4.78 is 18.4. The molecule has 2 N–H and O–H groups in total. The maximum absolute atomic E-state index is 13.1. The van der Waals surface area contributed by atoms with Crippen LogP contribution in [-0.2, 0) is 0 Å². The van der Waals surface area contributed by atoms with Crippen LogP contribution in [-0.4, -0.2) is 6.61 Å². The zero-order chi connectivity index (χ0) is 9.26. The molecule has 1 aromatic rings. The predicted molar refractivity (Wildman–Crippen MR) is 49.0 cm³/mol. The van der Waals surface area contributed by atoms with Crippen LogP contribution < -0.4 is 10.5 Å². The van der Waals surface area contributed by atoms with Crippen LogP contribution in [0.3, 0.4) is 0 Å². The maximum Gasteiger partial charge on any atom is 0.177 e. The first-order chi connectivity index (χ1) is 6.27. The van der Waals surface area contributed by atoms with Gasteiger partial charge in [-0.3, -0.25) is 0 Å². The van der Waals surface area contributed by atoms with Crippen molar-refractivity contribution in [2.75, 3.05) is 12.3 Å². The molecule has 0 unspecified atom stereocenters. The highest BCUT2D eigenvalue weighted by molar-refractivity contribution is 5.52. The normalized spacial score (nSPS) is 15.8. The predicted octanol–water partition coefficient (Wildman–Crippen LogP) is 2.20. The Labute approximate surface area is 76.5 Å². The van der Waals surface area contributed by atoms with Crippen molar-refractivity contribution in [3.05, 3.63) is 24.0 Å². The highest BCUT2D eigenvalue weighted by Gasteiger charge is 2.22. The molecule has 0 atom stereocenters. The van der Waals surface area contributed by atoms with Crippen LogP contribution in [0.4, 0.5) is 10.1 Å². The van der Waals surface area contributed by atoms with E-state index < -0.39 is 0 Å². The number of hydrogen-bond donors (Lipinski definition) is 1. The molecule has 2 nitrogen and oxygen atoms in total. The summed E-state index contributed by atoms with van der Waals surface area (Å²) in [6, 6.07) is 4.58. The van der Waals surface area contributed by atoms with Crippen LogP contribution in [0.25, 0.3) is 0 Å². The van der Waals surface area contributed by atoms with Crippen LogP contribution in [0, 0.1) is 11.7 Å². The molecule has 0 amide bonds. The lowest BCUT2D eigenvalue weighted by molar-refractivity contribution is 0.287. The molecule has 2 rings (SSSR count). The number of hydrogen-bond acceptors (Lipinski definition) is 2. The number of nitrogen functional groups attached to an aromatic ring is 1. The van der Waals surface area contributed by atoms with Gasteiger partial charge in [-0.1, -0.05) is 6.07 Å². The second-order valence-electron chi connectivity index (χ2n) is 3.41. The summed E-state index contributed by atoms with van der Waals surface area (Å²) in [6.07, 6.45) is 2.38. The second-order valence-corrected chi connectivity index (χ2v) is 3.41. The lowest BCUT2D eigenvalue weighted by atomic mass is 10.3. The molecule has 0 spiro atoms. The number of ether oxygens (including phenoxy) is 1. The molecule has 1 saturated carbocycles. The fraction of sp³-hybridized carbons (Fsp3) is 0.400. The van der Waals surface area contributed by atoms with Crippen LogP contribution in [0.15, 0.2) is 18.2 Å². The van der Waals surface area contributed by atoms with Crippen molar-refractivity contribution in [2.45, 2.75) is 12.8 Å². The second kappa shape index (κ2) is 3.24. The van der Waals surface area contributed by atoms with Crippen molar-refractivity contribution in [3.8, 4) is 5.75 Å². The average Bonchev–Trinajstić information content (AvgIpc) is 2.87. The van der Waals surface area contributed by atoms with Gasteiger partial charge < -0.3 is 10.5 Å². The van der Waals surface area contributed by atoms with Gasteiger partial charge in [0.1, 0.15) is 0 Å². The van der Waals surface area contributed by atoms with Crippen molar-refractivity contribution >= 4 is 5.69 Å². The molecule has 13 heavy (non-hydrogen) atoms. The minimum absolute atomic E-state index is 0.203. The number of nitrogens with two attached hydrogens (primary N) is 1. The molecule has 0 radical (unpaired) electrons. The van der Waals surface area contributed by atoms with Crippen LogP contribution >= 0.6 is 0 Å². The molecule has 0 aromatic heterocycles. The fourth-order valence-electron chi connectivity index (χ4n) is 1.16. The quantitative estimate of drug-likeness (QED) is 0.725. The lowest BCUT2D eigenvalue weighted by Gasteiger charge is -2.08. The van der Waals surface area contributed by atoms with Crippen molar-refractivity contribution in [2.24, 2.45) is 5.92 Å². The Balaban J connectivity index is 2.07. The number of rotatable bonds is 3. The molecular weight excluding hydrogens is 169 g/mol. The lowest BCUT2D eigenvalue weighted by Crippen LogP contribution is -2.03. The van der Waals surface area contributed by atoms with E-state index in [-0.39, 0.29) is 11.6 Å². The van der Waals surface area contributed by atoms with Crippen LogP contribution in [0.5, 0.6) is 5.75 Å². The van der Waals surface area contributed by atoms with Gasteiger partial charge in [0, 0.05) is 0 Å². The van der Waals surface area contributed by atoms with Gasteiger partial charge in [0.05, 0.1) is 12.3 Å². The standard InChI is InChI=1S/C10H12FNO/c11-8-2-1-3-9(12)10(8)13-6-7-4-5-7/h1-3,7H,4-6,12H2. The third-order valence-corrected chi connectivity index (χ3v) is 2.16. The van der Waals surface area contributed by atoms with E-state index in [9.17, 15) is 4.39 Å². The first-order valence-electron chi connectivity index (χ1n) is 4.44. The van der Waals surface area contributed by atoms with Gasteiger partial charge in [-0.2, -0.15) is 0 Å². The highest BCUT2D eigenvalue weighted by atomic mass is 19.1. The molecule has 0 bridgehead atoms. The zero-order valence-electron chi connectivity index (χ0n) is 7.29. The molecule has 3 heteroatoms. The summed E-state index contributed by atoms with van der Waals surface area (Å²) >= 11 is 0. The Bertz CT molecular complexity index is 290. The van der Waals surface area contributed by atoms with Gasteiger partial charge in [0.25, 0.3) is 0 Å². The third-order valence-electron chi connectivity index (χ3n) is 2.16. The smallest absolute Gasteiger partial charge is 0.177 e.